The molecule has 8 nitrogen and oxygen atoms in total. The summed E-state index contributed by atoms with van der Waals surface area (Å²) in [6.45, 7) is -0.115. The molecular weight excluding hydrogens is 526 g/mol. The molecule has 3 aromatic carbocycles. The summed E-state index contributed by atoms with van der Waals surface area (Å²) in [5.41, 5.74) is 3.90. The minimum Gasteiger partial charge on any atom is -0.479 e. The highest BCUT2D eigenvalue weighted by Gasteiger charge is 2.20. The average molecular weight is 562 g/mol. The van der Waals surface area contributed by atoms with Crippen molar-refractivity contribution in [3.05, 3.63) is 89.5 Å². The number of carboxylic acid groups (broad SMARTS) is 1. The largest absolute Gasteiger partial charge is 0.479 e. The van der Waals surface area contributed by atoms with Crippen LogP contribution in [-0.2, 0) is 11.3 Å². The normalized spacial score (nSPS) is 14.2. The van der Waals surface area contributed by atoms with Gasteiger partial charge >= 0.3 is 12.0 Å². The lowest BCUT2D eigenvalue weighted by Crippen LogP contribution is -2.36. The Morgan fingerprint density at radius 1 is 0.925 bits per heavy atom. The van der Waals surface area contributed by atoms with Crippen molar-refractivity contribution < 1.29 is 24.6 Å². The van der Waals surface area contributed by atoms with Crippen LogP contribution in [0.3, 0.4) is 0 Å². The number of aliphatic hydroxyl groups is 1. The third-order valence-corrected chi connectivity index (χ3v) is 7.91. The van der Waals surface area contributed by atoms with Gasteiger partial charge < -0.3 is 20.8 Å². The highest BCUT2D eigenvalue weighted by Crippen LogP contribution is 2.33. The van der Waals surface area contributed by atoms with E-state index < -0.39 is 24.5 Å². The summed E-state index contributed by atoms with van der Waals surface area (Å²) in [6.07, 6.45) is 6.53. The summed E-state index contributed by atoms with van der Waals surface area (Å²) in [4.78, 5) is 39.4. The highest BCUT2D eigenvalue weighted by atomic mass is 32.2. The maximum Gasteiger partial charge on any atom is 0.334 e. The van der Waals surface area contributed by atoms with E-state index in [4.69, 9.17) is 5.11 Å². The first-order valence-electron chi connectivity index (χ1n) is 13.4. The molecule has 3 amide bonds. The van der Waals surface area contributed by atoms with Gasteiger partial charge in [-0.2, -0.15) is 0 Å². The molecule has 0 unspecified atom stereocenters. The lowest BCUT2D eigenvalue weighted by molar-refractivity contribution is -0.146. The van der Waals surface area contributed by atoms with E-state index >= 15 is 0 Å². The van der Waals surface area contributed by atoms with Crippen molar-refractivity contribution in [1.82, 2.24) is 5.32 Å². The lowest BCUT2D eigenvalue weighted by Gasteiger charge is -2.26. The molecule has 0 radical (unpaired) electrons. The molecule has 1 fully saturated rings. The third-order valence-electron chi connectivity index (χ3n) is 7.17. The van der Waals surface area contributed by atoms with Crippen LogP contribution in [-0.4, -0.2) is 47.0 Å². The van der Waals surface area contributed by atoms with Crippen LogP contribution in [0.2, 0.25) is 0 Å². The van der Waals surface area contributed by atoms with Crippen molar-refractivity contribution in [2.75, 3.05) is 23.0 Å². The predicted octanol–water partition coefficient (Wildman–Crippen LogP) is 5.87. The minimum atomic E-state index is -1.67. The fourth-order valence-electron chi connectivity index (χ4n) is 4.83. The van der Waals surface area contributed by atoms with Gasteiger partial charge in [0.05, 0.1) is 13.1 Å². The maximum atomic E-state index is 13.5. The molecule has 1 atom stereocenters. The molecule has 1 aliphatic carbocycles. The molecule has 4 rings (SSSR count). The summed E-state index contributed by atoms with van der Waals surface area (Å²) < 4.78 is 0. The van der Waals surface area contributed by atoms with E-state index in [1.165, 1.54) is 37.7 Å². The van der Waals surface area contributed by atoms with Crippen LogP contribution in [0, 0.1) is 0 Å². The number of aliphatic hydroxyl groups excluding tert-OH is 1. The number of carbonyl (C=O) groups excluding carboxylic acids is 2. The number of hydrogen-bond acceptors (Lipinski definition) is 5. The number of anilines is 2. The lowest BCUT2D eigenvalue weighted by atomic mass is 9.84. The Hall–Kier alpha value is -3.82. The minimum absolute atomic E-state index is 0.271. The molecule has 0 aromatic heterocycles. The molecule has 0 spiro atoms. The first-order valence-corrected chi connectivity index (χ1v) is 14.7. The molecule has 9 heteroatoms. The molecule has 210 valence electrons. The van der Waals surface area contributed by atoms with E-state index in [1.54, 1.807) is 40.9 Å². The topological polar surface area (TPSA) is 119 Å². The second-order valence-corrected chi connectivity index (χ2v) is 10.8. The predicted molar refractivity (Wildman–Crippen MR) is 158 cm³/mol. The van der Waals surface area contributed by atoms with Crippen LogP contribution in [0.5, 0.6) is 0 Å². The molecule has 1 aliphatic rings. The van der Waals surface area contributed by atoms with Crippen molar-refractivity contribution >= 4 is 41.0 Å². The quantitative estimate of drug-likeness (QED) is 0.230. The van der Waals surface area contributed by atoms with Crippen LogP contribution in [0.4, 0.5) is 16.2 Å². The average Bonchev–Trinajstić information content (AvgIpc) is 2.99. The Bertz CT molecular complexity index is 1290. The molecule has 0 heterocycles. The Morgan fingerprint density at radius 2 is 1.57 bits per heavy atom. The zero-order valence-electron chi connectivity index (χ0n) is 22.5. The molecule has 0 bridgehead atoms. The van der Waals surface area contributed by atoms with Gasteiger partial charge in [0.1, 0.15) is 0 Å². The van der Waals surface area contributed by atoms with Gasteiger partial charge in [-0.25, -0.2) is 9.59 Å². The smallest absolute Gasteiger partial charge is 0.334 e. The van der Waals surface area contributed by atoms with E-state index in [-0.39, 0.29) is 12.6 Å². The van der Waals surface area contributed by atoms with E-state index in [0.29, 0.717) is 17.2 Å². The standard InChI is InChI=1S/C31H35N3O5S/c1-40-27-17-13-25(14-18-27)33-31(39)34(26-15-11-23(12-16-26)22-5-3-2-4-6-22)20-21-7-9-24(10-8-21)29(36)32-19-28(35)30(37)38/h7-18,22,28,35H,2-6,19-20H2,1H3,(H,32,36)(H,33,39)(H,37,38)/t28-/m1/s1. The number of rotatable bonds is 10. The fourth-order valence-corrected chi connectivity index (χ4v) is 5.24. The Kier molecular flexibility index (Phi) is 10.2. The number of amides is 3. The monoisotopic (exact) mass is 561 g/mol. The number of thioether (sulfide) groups is 1. The summed E-state index contributed by atoms with van der Waals surface area (Å²) in [5, 5.41) is 23.6. The first-order chi connectivity index (χ1) is 19.3. The van der Waals surface area contributed by atoms with Gasteiger partial charge in [0.2, 0.25) is 0 Å². The molecule has 40 heavy (non-hydrogen) atoms. The van der Waals surface area contributed by atoms with Gasteiger partial charge in [-0.15, -0.1) is 11.8 Å². The summed E-state index contributed by atoms with van der Waals surface area (Å²) in [6, 6.07) is 22.4. The van der Waals surface area contributed by atoms with E-state index in [1.807, 2.05) is 42.7 Å². The van der Waals surface area contributed by atoms with Crippen LogP contribution in [0.1, 0.15) is 59.5 Å². The molecule has 4 N–H and O–H groups in total. The second-order valence-electron chi connectivity index (χ2n) is 9.93. The first kappa shape index (κ1) is 29.2. The molecule has 0 aliphatic heterocycles. The van der Waals surface area contributed by atoms with Gasteiger partial charge in [0.25, 0.3) is 5.91 Å². The van der Waals surface area contributed by atoms with E-state index in [2.05, 4.69) is 22.8 Å². The summed E-state index contributed by atoms with van der Waals surface area (Å²) in [7, 11) is 0. The van der Waals surface area contributed by atoms with E-state index in [0.717, 1.165) is 16.1 Å². The van der Waals surface area contributed by atoms with Gasteiger partial charge in [-0.3, -0.25) is 9.69 Å². The third kappa shape index (κ3) is 7.86. The maximum absolute atomic E-state index is 13.5. The van der Waals surface area contributed by atoms with Crippen molar-refractivity contribution in [3.8, 4) is 0 Å². The van der Waals surface area contributed by atoms with Gasteiger partial charge in [-0.1, -0.05) is 43.5 Å². The fraction of sp³-hybridized carbons (Fsp3) is 0.323. The van der Waals surface area contributed by atoms with Gasteiger partial charge in [0, 0.05) is 21.8 Å². The number of benzene rings is 3. The number of nitrogens with one attached hydrogen (secondary N) is 2. The second kappa shape index (κ2) is 14.0. The van der Waals surface area contributed by atoms with Gasteiger partial charge in [0.15, 0.2) is 6.10 Å². The molecule has 3 aromatic rings. The van der Waals surface area contributed by atoms with Crippen LogP contribution in [0.25, 0.3) is 0 Å². The SMILES string of the molecule is CSc1ccc(NC(=O)N(Cc2ccc(C(=O)NC[C@@H](O)C(=O)O)cc2)c2ccc(C3CCCCC3)cc2)cc1. The summed E-state index contributed by atoms with van der Waals surface area (Å²) >= 11 is 1.63. The Balaban J connectivity index is 1.50. The van der Waals surface area contributed by atoms with Crippen molar-refractivity contribution in [2.45, 2.75) is 55.6 Å². The number of urea groups is 1. The number of hydrogen-bond donors (Lipinski definition) is 4. The number of carbonyl (C=O) groups is 3. The molecule has 0 saturated heterocycles. The number of aliphatic carboxylic acids is 1. The number of carboxylic acids is 1. The zero-order chi connectivity index (χ0) is 28.5. The molecule has 1 saturated carbocycles. The van der Waals surface area contributed by atoms with E-state index in [9.17, 15) is 19.5 Å². The van der Waals surface area contributed by atoms with Crippen LogP contribution >= 0.6 is 11.8 Å². The Labute approximate surface area is 238 Å². The molecular formula is C31H35N3O5S. The highest BCUT2D eigenvalue weighted by molar-refractivity contribution is 7.98. The summed E-state index contributed by atoms with van der Waals surface area (Å²) in [5.74, 6) is -1.33. The van der Waals surface area contributed by atoms with Crippen molar-refractivity contribution in [2.24, 2.45) is 0 Å². The zero-order valence-corrected chi connectivity index (χ0v) is 23.3. The van der Waals surface area contributed by atoms with Crippen molar-refractivity contribution in [3.63, 3.8) is 0 Å². The van der Waals surface area contributed by atoms with Crippen LogP contribution in [0.15, 0.2) is 77.7 Å². The van der Waals surface area contributed by atoms with Gasteiger partial charge in [-0.05, 0) is 84.7 Å². The Morgan fingerprint density at radius 3 is 2.17 bits per heavy atom. The van der Waals surface area contributed by atoms with Crippen molar-refractivity contribution in [1.29, 1.82) is 0 Å². The van der Waals surface area contributed by atoms with Crippen LogP contribution < -0.4 is 15.5 Å². The number of nitrogens with zero attached hydrogens (tertiary/aromatic N) is 1.